The lowest BCUT2D eigenvalue weighted by atomic mass is 9.86. The van der Waals surface area contributed by atoms with Gasteiger partial charge in [-0.3, -0.25) is 4.79 Å². The van der Waals surface area contributed by atoms with E-state index in [0.717, 1.165) is 13.0 Å². The normalized spacial score (nSPS) is 28.3. The molecule has 20 heavy (non-hydrogen) atoms. The van der Waals surface area contributed by atoms with Gasteiger partial charge >= 0.3 is 12.0 Å². The summed E-state index contributed by atoms with van der Waals surface area (Å²) in [5.41, 5.74) is 0. The number of nitrogens with zero attached hydrogens (tertiary/aromatic N) is 1. The van der Waals surface area contributed by atoms with E-state index < -0.39 is 11.9 Å². The Balaban J connectivity index is 2.59. The highest BCUT2D eigenvalue weighted by Crippen LogP contribution is 2.26. The number of likely N-dealkylation sites (tertiary alicyclic amines) is 1. The fourth-order valence-corrected chi connectivity index (χ4v) is 2.89. The van der Waals surface area contributed by atoms with Crippen molar-refractivity contribution in [2.45, 2.75) is 47.1 Å². The van der Waals surface area contributed by atoms with Crippen molar-refractivity contribution in [3.8, 4) is 0 Å². The summed E-state index contributed by atoms with van der Waals surface area (Å²) in [6.45, 7) is 11.0. The Morgan fingerprint density at radius 3 is 2.40 bits per heavy atom. The Morgan fingerprint density at radius 2 is 1.90 bits per heavy atom. The number of carboxylic acid groups (broad SMARTS) is 1. The van der Waals surface area contributed by atoms with Crippen LogP contribution < -0.4 is 5.32 Å². The van der Waals surface area contributed by atoms with Crippen molar-refractivity contribution in [3.63, 3.8) is 0 Å². The summed E-state index contributed by atoms with van der Waals surface area (Å²) in [7, 11) is 0. The number of piperidine rings is 1. The molecule has 0 saturated carbocycles. The highest BCUT2D eigenvalue weighted by Gasteiger charge is 2.32. The van der Waals surface area contributed by atoms with Crippen LogP contribution in [0.15, 0.2) is 0 Å². The Kier molecular flexibility index (Phi) is 5.84. The van der Waals surface area contributed by atoms with Gasteiger partial charge in [0, 0.05) is 19.1 Å². The van der Waals surface area contributed by atoms with Gasteiger partial charge in [0.2, 0.25) is 0 Å². The molecule has 116 valence electrons. The van der Waals surface area contributed by atoms with Crippen molar-refractivity contribution in [1.82, 2.24) is 10.2 Å². The summed E-state index contributed by atoms with van der Waals surface area (Å²) in [5.74, 6) is -0.413. The zero-order chi connectivity index (χ0) is 15.4. The highest BCUT2D eigenvalue weighted by atomic mass is 16.4. The molecular formula is C15H28N2O3. The fourth-order valence-electron chi connectivity index (χ4n) is 2.89. The second-order valence-electron chi connectivity index (χ2n) is 6.59. The molecular weight excluding hydrogens is 256 g/mol. The van der Waals surface area contributed by atoms with E-state index in [-0.39, 0.29) is 24.5 Å². The van der Waals surface area contributed by atoms with E-state index in [1.165, 1.54) is 0 Å². The van der Waals surface area contributed by atoms with Gasteiger partial charge in [-0.1, -0.05) is 27.7 Å². The van der Waals surface area contributed by atoms with E-state index in [9.17, 15) is 9.59 Å². The van der Waals surface area contributed by atoms with E-state index in [4.69, 9.17) is 5.11 Å². The predicted octanol–water partition coefficient (Wildman–Crippen LogP) is 2.42. The van der Waals surface area contributed by atoms with Crippen LogP contribution in [0, 0.1) is 23.7 Å². The molecule has 1 heterocycles. The standard InChI is InChI=1S/C15H28N2O3/c1-9(2)13(14(18)19)7-16-15(20)17-8-10(3)6-11(4)12(17)5/h9-13H,6-8H2,1-5H3,(H,16,20)(H,18,19). The van der Waals surface area contributed by atoms with Crippen LogP contribution in [-0.2, 0) is 4.79 Å². The van der Waals surface area contributed by atoms with Crippen LogP contribution in [0.3, 0.4) is 0 Å². The van der Waals surface area contributed by atoms with Crippen molar-refractivity contribution in [2.24, 2.45) is 23.7 Å². The third-order valence-electron chi connectivity index (χ3n) is 4.45. The van der Waals surface area contributed by atoms with E-state index in [1.54, 1.807) is 0 Å². The van der Waals surface area contributed by atoms with Crippen LogP contribution >= 0.6 is 0 Å². The fraction of sp³-hybridized carbons (Fsp3) is 0.867. The number of hydrogen-bond donors (Lipinski definition) is 2. The second kappa shape index (κ2) is 6.95. The molecule has 4 unspecified atom stereocenters. The molecule has 1 saturated heterocycles. The molecule has 0 aromatic rings. The van der Waals surface area contributed by atoms with Gasteiger partial charge < -0.3 is 15.3 Å². The number of rotatable bonds is 4. The Morgan fingerprint density at radius 1 is 1.30 bits per heavy atom. The monoisotopic (exact) mass is 284 g/mol. The number of hydrogen-bond acceptors (Lipinski definition) is 2. The third-order valence-corrected chi connectivity index (χ3v) is 4.45. The quantitative estimate of drug-likeness (QED) is 0.833. The van der Waals surface area contributed by atoms with E-state index >= 15 is 0 Å². The largest absolute Gasteiger partial charge is 0.481 e. The Hall–Kier alpha value is -1.26. The molecule has 5 nitrogen and oxygen atoms in total. The minimum absolute atomic E-state index is 0.00410. The first-order chi connectivity index (χ1) is 9.23. The maximum atomic E-state index is 12.3. The molecule has 2 amide bonds. The number of amides is 2. The minimum atomic E-state index is -0.853. The van der Waals surface area contributed by atoms with Gasteiger partial charge in [0.25, 0.3) is 0 Å². The molecule has 1 fully saturated rings. The SMILES string of the molecule is CC1CC(C)C(C)N(C(=O)NCC(C(=O)O)C(C)C)C1. The van der Waals surface area contributed by atoms with Crippen LogP contribution in [0.25, 0.3) is 0 Å². The molecule has 1 aliphatic heterocycles. The Bertz CT molecular complexity index is 357. The van der Waals surface area contributed by atoms with Gasteiger partial charge in [0.05, 0.1) is 5.92 Å². The second-order valence-corrected chi connectivity index (χ2v) is 6.59. The first kappa shape index (κ1) is 16.8. The predicted molar refractivity (Wildman–Crippen MR) is 78.5 cm³/mol. The Labute approximate surface area is 121 Å². The van der Waals surface area contributed by atoms with Crippen molar-refractivity contribution in [2.75, 3.05) is 13.1 Å². The number of nitrogens with one attached hydrogen (secondary N) is 1. The van der Waals surface area contributed by atoms with Gasteiger partial charge in [0.1, 0.15) is 0 Å². The number of carboxylic acids is 1. The summed E-state index contributed by atoms with van der Waals surface area (Å²) < 4.78 is 0. The number of carbonyl (C=O) groups is 2. The highest BCUT2D eigenvalue weighted by molar-refractivity contribution is 5.76. The molecule has 0 bridgehead atoms. The van der Waals surface area contributed by atoms with E-state index in [2.05, 4.69) is 26.1 Å². The summed E-state index contributed by atoms with van der Waals surface area (Å²) in [6, 6.07) is 0.0660. The zero-order valence-electron chi connectivity index (χ0n) is 13.2. The molecule has 2 N–H and O–H groups in total. The molecule has 0 aromatic carbocycles. The van der Waals surface area contributed by atoms with Crippen molar-refractivity contribution < 1.29 is 14.7 Å². The topological polar surface area (TPSA) is 69.6 Å². The average molecular weight is 284 g/mol. The van der Waals surface area contributed by atoms with Crippen molar-refractivity contribution >= 4 is 12.0 Å². The van der Waals surface area contributed by atoms with Crippen molar-refractivity contribution in [3.05, 3.63) is 0 Å². The smallest absolute Gasteiger partial charge is 0.317 e. The molecule has 4 atom stereocenters. The molecule has 1 rings (SSSR count). The molecule has 0 aromatic heterocycles. The average Bonchev–Trinajstić information content (AvgIpc) is 2.32. The molecule has 1 aliphatic rings. The molecule has 0 radical (unpaired) electrons. The van der Waals surface area contributed by atoms with Crippen LogP contribution in [0.1, 0.15) is 41.0 Å². The van der Waals surface area contributed by atoms with Crippen LogP contribution in [0.4, 0.5) is 4.79 Å². The zero-order valence-corrected chi connectivity index (χ0v) is 13.2. The lowest BCUT2D eigenvalue weighted by Crippen LogP contribution is -2.53. The maximum Gasteiger partial charge on any atom is 0.317 e. The van der Waals surface area contributed by atoms with Gasteiger partial charge in [0.15, 0.2) is 0 Å². The van der Waals surface area contributed by atoms with Crippen LogP contribution in [0.5, 0.6) is 0 Å². The van der Waals surface area contributed by atoms with Crippen LogP contribution in [0.2, 0.25) is 0 Å². The molecule has 0 aliphatic carbocycles. The number of urea groups is 1. The maximum absolute atomic E-state index is 12.3. The van der Waals surface area contributed by atoms with Gasteiger partial charge in [-0.2, -0.15) is 0 Å². The van der Waals surface area contributed by atoms with E-state index in [0.29, 0.717) is 11.8 Å². The first-order valence-electron chi connectivity index (χ1n) is 7.51. The van der Waals surface area contributed by atoms with Gasteiger partial charge in [-0.05, 0) is 31.1 Å². The minimum Gasteiger partial charge on any atom is -0.481 e. The van der Waals surface area contributed by atoms with Gasteiger partial charge in [-0.25, -0.2) is 4.79 Å². The summed E-state index contributed by atoms with van der Waals surface area (Å²) >= 11 is 0. The summed E-state index contributed by atoms with van der Waals surface area (Å²) in [6.07, 6.45) is 1.13. The molecule has 5 heteroatoms. The summed E-state index contributed by atoms with van der Waals surface area (Å²) in [4.78, 5) is 25.2. The van der Waals surface area contributed by atoms with Crippen LogP contribution in [-0.4, -0.2) is 41.1 Å². The molecule has 0 spiro atoms. The van der Waals surface area contributed by atoms with Gasteiger partial charge in [-0.15, -0.1) is 0 Å². The van der Waals surface area contributed by atoms with E-state index in [1.807, 2.05) is 18.7 Å². The first-order valence-corrected chi connectivity index (χ1v) is 7.51. The lowest BCUT2D eigenvalue weighted by Gasteiger charge is -2.41. The summed E-state index contributed by atoms with van der Waals surface area (Å²) in [5, 5.41) is 11.9. The number of aliphatic carboxylic acids is 1. The lowest BCUT2D eigenvalue weighted by molar-refractivity contribution is -0.142. The van der Waals surface area contributed by atoms with Crippen molar-refractivity contribution in [1.29, 1.82) is 0 Å². The third kappa shape index (κ3) is 4.12. The number of carbonyl (C=O) groups excluding carboxylic acids is 1.